The first-order chi connectivity index (χ1) is 5.22. The van der Waals surface area contributed by atoms with E-state index >= 15 is 0 Å². The summed E-state index contributed by atoms with van der Waals surface area (Å²) in [6.45, 7) is 2.61. The van der Waals surface area contributed by atoms with E-state index < -0.39 is 0 Å². The molecular formula is C8H16O3. The molecule has 3 nitrogen and oxygen atoms in total. The number of hydrogen-bond acceptors (Lipinski definition) is 3. The van der Waals surface area contributed by atoms with Gasteiger partial charge in [-0.05, 0) is 19.8 Å². The number of methoxy groups -OCH3 is 1. The first-order valence-electron chi connectivity index (χ1n) is 4.05. The average molecular weight is 160 g/mol. The Morgan fingerprint density at radius 1 is 1.55 bits per heavy atom. The molecule has 1 atom stereocenters. The SMILES string of the molecule is COCC(C)OC1CC(O)C1. The predicted octanol–water partition coefficient (Wildman–Crippen LogP) is 0.561. The molecule has 0 aromatic heterocycles. The summed E-state index contributed by atoms with van der Waals surface area (Å²) in [4.78, 5) is 0. The monoisotopic (exact) mass is 160 g/mol. The molecule has 0 saturated heterocycles. The molecule has 11 heavy (non-hydrogen) atoms. The van der Waals surface area contributed by atoms with Crippen molar-refractivity contribution < 1.29 is 14.6 Å². The van der Waals surface area contributed by atoms with E-state index in [1.165, 1.54) is 0 Å². The molecule has 0 radical (unpaired) electrons. The van der Waals surface area contributed by atoms with Crippen molar-refractivity contribution in [2.24, 2.45) is 0 Å². The summed E-state index contributed by atoms with van der Waals surface area (Å²) in [5.41, 5.74) is 0. The second-order valence-corrected chi connectivity index (χ2v) is 3.15. The van der Waals surface area contributed by atoms with E-state index in [1.54, 1.807) is 7.11 Å². The molecular weight excluding hydrogens is 144 g/mol. The van der Waals surface area contributed by atoms with Crippen LogP contribution in [0.1, 0.15) is 19.8 Å². The van der Waals surface area contributed by atoms with Crippen LogP contribution in [0.15, 0.2) is 0 Å². The summed E-state index contributed by atoms with van der Waals surface area (Å²) in [5.74, 6) is 0. The second-order valence-electron chi connectivity index (χ2n) is 3.15. The minimum Gasteiger partial charge on any atom is -0.393 e. The maximum atomic E-state index is 8.95. The van der Waals surface area contributed by atoms with Crippen molar-refractivity contribution in [3.05, 3.63) is 0 Å². The third kappa shape index (κ3) is 2.77. The number of aliphatic hydroxyl groups excluding tert-OH is 1. The molecule has 1 N–H and O–H groups in total. The van der Waals surface area contributed by atoms with E-state index in [-0.39, 0.29) is 18.3 Å². The molecule has 3 heteroatoms. The molecule has 0 aromatic carbocycles. The first-order valence-corrected chi connectivity index (χ1v) is 4.05. The van der Waals surface area contributed by atoms with Gasteiger partial charge in [0.25, 0.3) is 0 Å². The van der Waals surface area contributed by atoms with Gasteiger partial charge in [-0.1, -0.05) is 0 Å². The lowest BCUT2D eigenvalue weighted by Gasteiger charge is -2.33. The fourth-order valence-corrected chi connectivity index (χ4v) is 1.25. The Morgan fingerprint density at radius 3 is 2.64 bits per heavy atom. The summed E-state index contributed by atoms with van der Waals surface area (Å²) >= 11 is 0. The first kappa shape index (κ1) is 8.97. The summed E-state index contributed by atoms with van der Waals surface area (Å²) in [7, 11) is 1.66. The largest absolute Gasteiger partial charge is 0.393 e. The zero-order chi connectivity index (χ0) is 8.27. The highest BCUT2D eigenvalue weighted by Crippen LogP contribution is 2.23. The van der Waals surface area contributed by atoms with E-state index in [0.29, 0.717) is 6.61 Å². The van der Waals surface area contributed by atoms with E-state index in [0.717, 1.165) is 12.8 Å². The molecule has 1 aliphatic carbocycles. The van der Waals surface area contributed by atoms with Gasteiger partial charge in [0.05, 0.1) is 24.9 Å². The van der Waals surface area contributed by atoms with Crippen LogP contribution in [0.2, 0.25) is 0 Å². The van der Waals surface area contributed by atoms with Crippen molar-refractivity contribution >= 4 is 0 Å². The van der Waals surface area contributed by atoms with Crippen LogP contribution >= 0.6 is 0 Å². The Labute approximate surface area is 67.3 Å². The predicted molar refractivity (Wildman–Crippen MR) is 41.5 cm³/mol. The molecule has 1 fully saturated rings. The molecule has 0 heterocycles. The zero-order valence-corrected chi connectivity index (χ0v) is 7.12. The van der Waals surface area contributed by atoms with Crippen LogP contribution in [-0.4, -0.2) is 37.1 Å². The topological polar surface area (TPSA) is 38.7 Å². The highest BCUT2D eigenvalue weighted by atomic mass is 16.5. The lowest BCUT2D eigenvalue weighted by molar-refractivity contribution is -0.113. The van der Waals surface area contributed by atoms with Gasteiger partial charge in [-0.3, -0.25) is 0 Å². The molecule has 0 aliphatic heterocycles. The number of ether oxygens (including phenoxy) is 2. The Morgan fingerprint density at radius 2 is 2.18 bits per heavy atom. The van der Waals surface area contributed by atoms with Gasteiger partial charge in [-0.25, -0.2) is 0 Å². The molecule has 0 bridgehead atoms. The van der Waals surface area contributed by atoms with Crippen LogP contribution in [0.3, 0.4) is 0 Å². The molecule has 66 valence electrons. The van der Waals surface area contributed by atoms with Gasteiger partial charge in [0.1, 0.15) is 0 Å². The fraction of sp³-hybridized carbons (Fsp3) is 1.00. The zero-order valence-electron chi connectivity index (χ0n) is 7.12. The van der Waals surface area contributed by atoms with Gasteiger partial charge in [-0.15, -0.1) is 0 Å². The minimum absolute atomic E-state index is 0.130. The second kappa shape index (κ2) is 4.04. The Kier molecular flexibility index (Phi) is 3.30. The quantitative estimate of drug-likeness (QED) is 0.653. The van der Waals surface area contributed by atoms with E-state index in [9.17, 15) is 0 Å². The van der Waals surface area contributed by atoms with Crippen molar-refractivity contribution in [3.63, 3.8) is 0 Å². The molecule has 1 rings (SSSR count). The molecule has 1 aliphatic rings. The van der Waals surface area contributed by atoms with Crippen LogP contribution < -0.4 is 0 Å². The summed E-state index contributed by atoms with van der Waals surface area (Å²) in [5, 5.41) is 8.95. The normalized spacial score (nSPS) is 33.0. The summed E-state index contributed by atoms with van der Waals surface area (Å²) < 4.78 is 10.4. The molecule has 0 aromatic rings. The van der Waals surface area contributed by atoms with Crippen molar-refractivity contribution in [1.82, 2.24) is 0 Å². The van der Waals surface area contributed by atoms with Crippen LogP contribution in [0, 0.1) is 0 Å². The van der Waals surface area contributed by atoms with Crippen molar-refractivity contribution in [2.45, 2.75) is 38.1 Å². The van der Waals surface area contributed by atoms with E-state index in [1.807, 2.05) is 6.92 Å². The van der Waals surface area contributed by atoms with Crippen LogP contribution in [0.25, 0.3) is 0 Å². The highest BCUT2D eigenvalue weighted by Gasteiger charge is 2.29. The minimum atomic E-state index is -0.130. The number of rotatable bonds is 4. The molecule has 1 unspecified atom stereocenters. The average Bonchev–Trinajstić information content (AvgIpc) is 1.85. The smallest absolute Gasteiger partial charge is 0.0784 e. The van der Waals surface area contributed by atoms with Crippen LogP contribution in [0.5, 0.6) is 0 Å². The highest BCUT2D eigenvalue weighted by molar-refractivity contribution is 4.79. The van der Waals surface area contributed by atoms with Gasteiger partial charge < -0.3 is 14.6 Å². The molecule has 1 saturated carbocycles. The summed E-state index contributed by atoms with van der Waals surface area (Å²) in [6, 6.07) is 0. The maximum absolute atomic E-state index is 8.95. The van der Waals surface area contributed by atoms with Gasteiger partial charge in [0.15, 0.2) is 0 Å². The lowest BCUT2D eigenvalue weighted by atomic mass is 9.92. The lowest BCUT2D eigenvalue weighted by Crippen LogP contribution is -2.38. The van der Waals surface area contributed by atoms with Gasteiger partial charge in [-0.2, -0.15) is 0 Å². The number of hydrogen-bond donors (Lipinski definition) is 1. The number of aliphatic hydroxyl groups is 1. The van der Waals surface area contributed by atoms with Gasteiger partial charge in [0, 0.05) is 7.11 Å². The van der Waals surface area contributed by atoms with E-state index in [4.69, 9.17) is 14.6 Å². The van der Waals surface area contributed by atoms with Crippen molar-refractivity contribution in [1.29, 1.82) is 0 Å². The van der Waals surface area contributed by atoms with Gasteiger partial charge >= 0.3 is 0 Å². The fourth-order valence-electron chi connectivity index (χ4n) is 1.25. The summed E-state index contributed by atoms with van der Waals surface area (Å²) in [6.07, 6.45) is 1.85. The van der Waals surface area contributed by atoms with E-state index in [2.05, 4.69) is 0 Å². The standard InChI is InChI=1S/C8H16O3/c1-6(5-10-2)11-8-3-7(9)4-8/h6-9H,3-5H2,1-2H3. The Balaban J connectivity index is 2.02. The third-order valence-electron chi connectivity index (χ3n) is 1.90. The molecule has 0 amide bonds. The maximum Gasteiger partial charge on any atom is 0.0784 e. The van der Waals surface area contributed by atoms with Gasteiger partial charge in [0.2, 0.25) is 0 Å². The van der Waals surface area contributed by atoms with Crippen LogP contribution in [0.4, 0.5) is 0 Å². The Hall–Kier alpha value is -0.120. The third-order valence-corrected chi connectivity index (χ3v) is 1.90. The Bertz CT molecular complexity index is 107. The van der Waals surface area contributed by atoms with Crippen molar-refractivity contribution in [3.8, 4) is 0 Å². The van der Waals surface area contributed by atoms with Crippen molar-refractivity contribution in [2.75, 3.05) is 13.7 Å². The van der Waals surface area contributed by atoms with Crippen LogP contribution in [-0.2, 0) is 9.47 Å². The molecule has 0 spiro atoms.